The van der Waals surface area contributed by atoms with Crippen LogP contribution in [0.15, 0.2) is 12.3 Å². The topological polar surface area (TPSA) is 58.0 Å². The van der Waals surface area contributed by atoms with E-state index in [2.05, 4.69) is 19.8 Å². The molecular weight excluding hydrogens is 356 g/mol. The third kappa shape index (κ3) is 3.04. The van der Waals surface area contributed by atoms with Crippen molar-refractivity contribution in [1.82, 2.24) is 19.9 Å². The monoisotopic (exact) mass is 380 g/mol. The van der Waals surface area contributed by atoms with Crippen molar-refractivity contribution < 1.29 is 0 Å². The van der Waals surface area contributed by atoms with Crippen LogP contribution in [0, 0.1) is 13.8 Å². The number of nitrogens with zero attached hydrogens (tertiary/aromatic N) is 6. The van der Waals surface area contributed by atoms with Crippen LogP contribution >= 0.6 is 11.3 Å². The zero-order chi connectivity index (χ0) is 18.4. The van der Waals surface area contributed by atoms with Crippen LogP contribution in [-0.4, -0.2) is 46.1 Å². The van der Waals surface area contributed by atoms with Crippen LogP contribution in [0.4, 0.5) is 11.6 Å². The number of piperazine rings is 1. The summed E-state index contributed by atoms with van der Waals surface area (Å²) in [6.07, 6.45) is 6.81. The maximum absolute atomic E-state index is 4.89. The Morgan fingerprint density at radius 3 is 2.48 bits per heavy atom. The summed E-state index contributed by atoms with van der Waals surface area (Å²) >= 11 is 1.89. The molecule has 3 aromatic heterocycles. The van der Waals surface area contributed by atoms with Crippen LogP contribution in [-0.2, 0) is 12.8 Å². The summed E-state index contributed by atoms with van der Waals surface area (Å²) < 4.78 is 0. The van der Waals surface area contributed by atoms with Gasteiger partial charge in [0.15, 0.2) is 0 Å². The number of aryl methyl sites for hydroxylation is 4. The van der Waals surface area contributed by atoms with Crippen molar-refractivity contribution >= 4 is 33.2 Å². The number of hydrogen-bond donors (Lipinski definition) is 0. The maximum Gasteiger partial charge on any atom is 0.141 e. The van der Waals surface area contributed by atoms with Crippen molar-refractivity contribution in [2.75, 3.05) is 36.0 Å². The Morgan fingerprint density at radius 2 is 1.67 bits per heavy atom. The largest absolute Gasteiger partial charge is 0.353 e. The third-order valence-corrected chi connectivity index (χ3v) is 6.76. The highest BCUT2D eigenvalue weighted by atomic mass is 32.1. The van der Waals surface area contributed by atoms with Crippen molar-refractivity contribution in [3.63, 3.8) is 0 Å². The Hall–Kier alpha value is -2.28. The SMILES string of the molecule is Cc1nccc(N2CCN(c3nc(C)nc4sc5c(c34)CCCC5)CC2)n1. The van der Waals surface area contributed by atoms with E-state index in [-0.39, 0.29) is 0 Å². The van der Waals surface area contributed by atoms with E-state index in [1.54, 1.807) is 0 Å². The predicted molar refractivity (Wildman–Crippen MR) is 110 cm³/mol. The molecule has 1 saturated heterocycles. The summed E-state index contributed by atoms with van der Waals surface area (Å²) in [7, 11) is 0. The Morgan fingerprint density at radius 1 is 0.889 bits per heavy atom. The molecule has 0 saturated carbocycles. The number of anilines is 2. The van der Waals surface area contributed by atoms with Gasteiger partial charge in [0.1, 0.15) is 28.1 Å². The molecule has 0 spiro atoms. The molecular formula is C20H24N6S. The molecule has 2 aliphatic rings. The molecule has 1 fully saturated rings. The summed E-state index contributed by atoms with van der Waals surface area (Å²) in [5, 5.41) is 1.33. The predicted octanol–water partition coefficient (Wildman–Crippen LogP) is 3.30. The summed E-state index contributed by atoms with van der Waals surface area (Å²) in [6.45, 7) is 7.78. The van der Waals surface area contributed by atoms with Crippen molar-refractivity contribution in [2.24, 2.45) is 0 Å². The quantitative estimate of drug-likeness (QED) is 0.680. The fraction of sp³-hybridized carbons (Fsp3) is 0.500. The molecule has 4 heterocycles. The summed E-state index contributed by atoms with van der Waals surface area (Å²) in [4.78, 5) is 26.0. The first-order chi connectivity index (χ1) is 13.2. The first-order valence-electron chi connectivity index (χ1n) is 9.77. The number of hydrogen-bond acceptors (Lipinski definition) is 7. The van der Waals surface area contributed by atoms with Crippen molar-refractivity contribution in [3.8, 4) is 0 Å². The highest BCUT2D eigenvalue weighted by Crippen LogP contribution is 2.40. The minimum Gasteiger partial charge on any atom is -0.353 e. The normalized spacial score (nSPS) is 17.4. The van der Waals surface area contributed by atoms with Crippen molar-refractivity contribution in [3.05, 3.63) is 34.4 Å². The fourth-order valence-electron chi connectivity index (χ4n) is 4.24. The van der Waals surface area contributed by atoms with Gasteiger partial charge in [-0.15, -0.1) is 11.3 Å². The van der Waals surface area contributed by atoms with Gasteiger partial charge < -0.3 is 9.80 Å². The summed E-state index contributed by atoms with van der Waals surface area (Å²) in [5.74, 6) is 3.88. The van der Waals surface area contributed by atoms with E-state index in [1.165, 1.54) is 46.3 Å². The van der Waals surface area contributed by atoms with E-state index < -0.39 is 0 Å². The van der Waals surface area contributed by atoms with E-state index in [4.69, 9.17) is 9.97 Å². The van der Waals surface area contributed by atoms with Crippen LogP contribution in [0.1, 0.15) is 34.9 Å². The summed E-state index contributed by atoms with van der Waals surface area (Å²) in [5.41, 5.74) is 1.52. The van der Waals surface area contributed by atoms with E-state index in [9.17, 15) is 0 Å². The van der Waals surface area contributed by atoms with E-state index in [0.29, 0.717) is 0 Å². The van der Waals surface area contributed by atoms with Gasteiger partial charge in [-0.25, -0.2) is 19.9 Å². The molecule has 140 valence electrons. The average molecular weight is 381 g/mol. The molecule has 1 aliphatic heterocycles. The molecule has 0 amide bonds. The molecule has 0 bridgehead atoms. The molecule has 1 aliphatic carbocycles. The fourth-order valence-corrected chi connectivity index (χ4v) is 5.54. The molecule has 0 aromatic carbocycles. The molecule has 7 heteroatoms. The Bertz CT molecular complexity index is 990. The maximum atomic E-state index is 4.89. The first-order valence-corrected chi connectivity index (χ1v) is 10.6. The number of thiophene rings is 1. The van der Waals surface area contributed by atoms with E-state index >= 15 is 0 Å². The second-order valence-electron chi connectivity index (χ2n) is 7.42. The van der Waals surface area contributed by atoms with Gasteiger partial charge in [0, 0.05) is 37.3 Å². The number of aromatic nitrogens is 4. The minimum atomic E-state index is 0.827. The zero-order valence-electron chi connectivity index (χ0n) is 15.9. The molecule has 5 rings (SSSR count). The zero-order valence-corrected chi connectivity index (χ0v) is 16.7. The third-order valence-electron chi connectivity index (χ3n) is 5.57. The van der Waals surface area contributed by atoms with E-state index in [1.807, 2.05) is 37.4 Å². The van der Waals surface area contributed by atoms with Crippen molar-refractivity contribution in [2.45, 2.75) is 39.5 Å². The van der Waals surface area contributed by atoms with Gasteiger partial charge in [-0.05, 0) is 51.2 Å². The molecule has 0 radical (unpaired) electrons. The Balaban J connectivity index is 1.45. The van der Waals surface area contributed by atoms with E-state index in [0.717, 1.165) is 49.5 Å². The van der Waals surface area contributed by atoms with Gasteiger partial charge in [0.2, 0.25) is 0 Å². The minimum absolute atomic E-state index is 0.827. The van der Waals surface area contributed by atoms with Gasteiger partial charge in [0.25, 0.3) is 0 Å². The standard InChI is InChI=1S/C20H24N6S/c1-13-21-8-7-17(22-13)25-9-11-26(12-10-25)19-18-15-5-3-4-6-16(15)27-20(18)24-14(2)23-19/h7-8H,3-6,9-12H2,1-2H3. The Kier molecular flexibility index (Phi) is 4.19. The Labute approximate surface area is 163 Å². The highest BCUT2D eigenvalue weighted by Gasteiger charge is 2.26. The van der Waals surface area contributed by atoms with Crippen LogP contribution in [0.2, 0.25) is 0 Å². The van der Waals surface area contributed by atoms with Gasteiger partial charge in [0.05, 0.1) is 5.39 Å². The van der Waals surface area contributed by atoms with Gasteiger partial charge in [-0.3, -0.25) is 0 Å². The molecule has 0 unspecified atom stereocenters. The lowest BCUT2D eigenvalue weighted by atomic mass is 9.97. The smallest absolute Gasteiger partial charge is 0.141 e. The molecule has 0 N–H and O–H groups in total. The van der Waals surface area contributed by atoms with Gasteiger partial charge in [-0.2, -0.15) is 0 Å². The molecule has 27 heavy (non-hydrogen) atoms. The van der Waals surface area contributed by atoms with Crippen LogP contribution in [0.25, 0.3) is 10.2 Å². The van der Waals surface area contributed by atoms with Gasteiger partial charge >= 0.3 is 0 Å². The number of rotatable bonds is 2. The average Bonchev–Trinajstić information content (AvgIpc) is 3.05. The van der Waals surface area contributed by atoms with Crippen molar-refractivity contribution in [1.29, 1.82) is 0 Å². The number of fused-ring (bicyclic) bond motifs is 3. The first kappa shape index (κ1) is 16.9. The second-order valence-corrected chi connectivity index (χ2v) is 8.51. The lowest BCUT2D eigenvalue weighted by Crippen LogP contribution is -2.47. The second kappa shape index (κ2) is 6.71. The lowest BCUT2D eigenvalue weighted by Gasteiger charge is -2.36. The molecule has 0 atom stereocenters. The lowest BCUT2D eigenvalue weighted by molar-refractivity contribution is 0.640. The van der Waals surface area contributed by atoms with Gasteiger partial charge in [-0.1, -0.05) is 0 Å². The van der Waals surface area contributed by atoms with Crippen LogP contribution in [0.3, 0.4) is 0 Å². The summed E-state index contributed by atoms with van der Waals surface area (Å²) in [6, 6.07) is 2.00. The molecule has 3 aromatic rings. The van der Waals surface area contributed by atoms with Crippen LogP contribution < -0.4 is 9.80 Å². The van der Waals surface area contributed by atoms with Crippen LogP contribution in [0.5, 0.6) is 0 Å². The molecule has 6 nitrogen and oxygen atoms in total. The highest BCUT2D eigenvalue weighted by molar-refractivity contribution is 7.19.